The number of rotatable bonds is 5. The Morgan fingerprint density at radius 2 is 2.11 bits per heavy atom. The molecule has 0 aliphatic carbocycles. The predicted molar refractivity (Wildman–Crippen MR) is 113 cm³/mol. The third kappa shape index (κ3) is 3.89. The SMILES string of the molecule is CCOC(=O)/C(=C\c1ccc(Cl)cc1)C1=Nn2c(nnc2-c2cccs2)SC1. The van der Waals surface area contributed by atoms with Gasteiger partial charge in [0.1, 0.15) is 0 Å². The van der Waals surface area contributed by atoms with Gasteiger partial charge in [-0.1, -0.05) is 41.6 Å². The maximum absolute atomic E-state index is 12.6. The van der Waals surface area contributed by atoms with Crippen LogP contribution < -0.4 is 0 Å². The van der Waals surface area contributed by atoms with Crippen molar-refractivity contribution in [2.45, 2.75) is 12.1 Å². The van der Waals surface area contributed by atoms with Gasteiger partial charge in [-0.05, 0) is 42.1 Å². The first kappa shape index (κ1) is 18.9. The van der Waals surface area contributed by atoms with Crippen LogP contribution in [-0.2, 0) is 9.53 Å². The summed E-state index contributed by atoms with van der Waals surface area (Å²) >= 11 is 9.01. The maximum Gasteiger partial charge on any atom is 0.340 e. The molecule has 0 atom stereocenters. The Bertz CT molecular complexity index is 1060. The Labute approximate surface area is 174 Å². The normalized spacial score (nSPS) is 13.8. The molecule has 142 valence electrons. The van der Waals surface area contributed by atoms with Crippen molar-refractivity contribution >= 4 is 52.5 Å². The van der Waals surface area contributed by atoms with Gasteiger partial charge in [0.15, 0.2) is 5.82 Å². The van der Waals surface area contributed by atoms with Crippen molar-refractivity contribution in [2.75, 3.05) is 12.4 Å². The lowest BCUT2D eigenvalue weighted by molar-refractivity contribution is -0.137. The molecule has 4 rings (SSSR count). The van der Waals surface area contributed by atoms with E-state index in [2.05, 4.69) is 15.3 Å². The van der Waals surface area contributed by atoms with Gasteiger partial charge in [0.2, 0.25) is 5.16 Å². The molecule has 1 aliphatic heterocycles. The summed E-state index contributed by atoms with van der Waals surface area (Å²) in [6.07, 6.45) is 1.77. The summed E-state index contributed by atoms with van der Waals surface area (Å²) in [5.41, 5.74) is 1.87. The van der Waals surface area contributed by atoms with Gasteiger partial charge in [-0.2, -0.15) is 9.78 Å². The number of benzene rings is 1. The molecule has 0 spiro atoms. The summed E-state index contributed by atoms with van der Waals surface area (Å²) in [5, 5.41) is 16.4. The van der Waals surface area contributed by atoms with E-state index in [4.69, 9.17) is 16.3 Å². The first-order valence-electron chi connectivity index (χ1n) is 8.50. The average molecular weight is 431 g/mol. The number of hydrogen-bond acceptors (Lipinski definition) is 7. The fourth-order valence-corrected chi connectivity index (χ4v) is 4.26. The Hall–Kier alpha value is -2.42. The van der Waals surface area contributed by atoms with E-state index < -0.39 is 5.97 Å². The number of ether oxygens (including phenoxy) is 1. The molecule has 1 aliphatic rings. The zero-order valence-corrected chi connectivity index (χ0v) is 17.2. The van der Waals surface area contributed by atoms with E-state index in [0.29, 0.717) is 33.0 Å². The van der Waals surface area contributed by atoms with Gasteiger partial charge in [0.05, 0.1) is 22.8 Å². The topological polar surface area (TPSA) is 69.4 Å². The van der Waals surface area contributed by atoms with Gasteiger partial charge in [0.25, 0.3) is 0 Å². The number of nitrogens with zero attached hydrogens (tertiary/aromatic N) is 4. The van der Waals surface area contributed by atoms with Crippen LogP contribution in [0.15, 0.2) is 57.6 Å². The van der Waals surface area contributed by atoms with Crippen LogP contribution in [0, 0.1) is 0 Å². The van der Waals surface area contributed by atoms with Crippen LogP contribution in [0.5, 0.6) is 0 Å². The Morgan fingerprint density at radius 3 is 2.82 bits per heavy atom. The van der Waals surface area contributed by atoms with Crippen molar-refractivity contribution in [3.05, 3.63) is 57.9 Å². The van der Waals surface area contributed by atoms with Crippen molar-refractivity contribution in [2.24, 2.45) is 5.10 Å². The van der Waals surface area contributed by atoms with Crippen LogP contribution in [0.3, 0.4) is 0 Å². The van der Waals surface area contributed by atoms with Crippen LogP contribution in [0.25, 0.3) is 16.8 Å². The average Bonchev–Trinajstić information content (AvgIpc) is 3.36. The second kappa shape index (κ2) is 8.30. The minimum absolute atomic E-state index is 0.287. The fourth-order valence-electron chi connectivity index (χ4n) is 2.61. The number of carbonyl (C=O) groups is 1. The fraction of sp³-hybridized carbons (Fsp3) is 0.158. The van der Waals surface area contributed by atoms with E-state index in [-0.39, 0.29) is 6.61 Å². The molecule has 28 heavy (non-hydrogen) atoms. The third-order valence-corrected chi connectivity index (χ3v) is 5.95. The number of fused-ring (bicyclic) bond motifs is 1. The molecule has 6 nitrogen and oxygen atoms in total. The van der Waals surface area contributed by atoms with Gasteiger partial charge < -0.3 is 4.74 Å². The summed E-state index contributed by atoms with van der Waals surface area (Å²) in [6, 6.07) is 11.2. The number of carbonyl (C=O) groups excluding carboxylic acids is 1. The molecule has 0 amide bonds. The zero-order valence-electron chi connectivity index (χ0n) is 14.8. The molecule has 0 fully saturated rings. The highest BCUT2D eigenvalue weighted by atomic mass is 35.5. The summed E-state index contributed by atoms with van der Waals surface area (Å²) in [4.78, 5) is 13.6. The number of thiophene rings is 1. The minimum atomic E-state index is -0.411. The second-order valence-electron chi connectivity index (χ2n) is 5.76. The Kier molecular flexibility index (Phi) is 5.61. The molecule has 0 radical (unpaired) electrons. The smallest absolute Gasteiger partial charge is 0.340 e. The number of aromatic nitrogens is 3. The van der Waals surface area contributed by atoms with Gasteiger partial charge in [-0.15, -0.1) is 21.5 Å². The molecule has 2 aromatic heterocycles. The van der Waals surface area contributed by atoms with Crippen molar-refractivity contribution in [1.29, 1.82) is 0 Å². The van der Waals surface area contributed by atoms with Crippen LogP contribution in [0.2, 0.25) is 5.02 Å². The minimum Gasteiger partial charge on any atom is -0.462 e. The van der Waals surface area contributed by atoms with E-state index in [1.807, 2.05) is 29.6 Å². The lowest BCUT2D eigenvalue weighted by Crippen LogP contribution is -2.21. The van der Waals surface area contributed by atoms with Crippen molar-refractivity contribution in [3.63, 3.8) is 0 Å². The largest absolute Gasteiger partial charge is 0.462 e. The number of thioether (sulfide) groups is 1. The number of esters is 1. The third-order valence-electron chi connectivity index (χ3n) is 3.90. The van der Waals surface area contributed by atoms with E-state index >= 15 is 0 Å². The van der Waals surface area contributed by atoms with Crippen LogP contribution in [0.4, 0.5) is 0 Å². The molecule has 0 N–H and O–H groups in total. The van der Waals surface area contributed by atoms with Crippen LogP contribution in [-0.4, -0.2) is 38.9 Å². The van der Waals surface area contributed by atoms with Crippen LogP contribution >= 0.6 is 34.7 Å². The molecule has 3 aromatic rings. The Balaban J connectivity index is 1.77. The van der Waals surface area contributed by atoms with Crippen molar-refractivity contribution < 1.29 is 9.53 Å². The van der Waals surface area contributed by atoms with Gasteiger partial charge in [-0.3, -0.25) is 0 Å². The van der Waals surface area contributed by atoms with E-state index in [0.717, 1.165) is 10.4 Å². The Morgan fingerprint density at radius 1 is 1.29 bits per heavy atom. The predicted octanol–water partition coefficient (Wildman–Crippen LogP) is 4.62. The van der Waals surface area contributed by atoms with Crippen molar-refractivity contribution in [1.82, 2.24) is 14.9 Å². The van der Waals surface area contributed by atoms with E-state index in [1.165, 1.54) is 11.8 Å². The summed E-state index contributed by atoms with van der Waals surface area (Å²) in [6.45, 7) is 2.07. The molecule has 0 bridgehead atoms. The summed E-state index contributed by atoms with van der Waals surface area (Å²) in [7, 11) is 0. The van der Waals surface area contributed by atoms with Gasteiger partial charge in [-0.25, -0.2) is 4.79 Å². The molecule has 3 heterocycles. The molecule has 1 aromatic carbocycles. The summed E-state index contributed by atoms with van der Waals surface area (Å²) < 4.78 is 6.95. The molecular weight excluding hydrogens is 416 g/mol. The molecule has 0 saturated carbocycles. The number of hydrogen-bond donors (Lipinski definition) is 0. The summed E-state index contributed by atoms with van der Waals surface area (Å²) in [5.74, 6) is 0.747. The highest BCUT2D eigenvalue weighted by Crippen LogP contribution is 2.31. The molecule has 0 unspecified atom stereocenters. The van der Waals surface area contributed by atoms with Gasteiger partial charge in [0, 0.05) is 10.8 Å². The lowest BCUT2D eigenvalue weighted by Gasteiger charge is -2.15. The first-order chi connectivity index (χ1) is 13.7. The second-order valence-corrected chi connectivity index (χ2v) is 8.09. The maximum atomic E-state index is 12.6. The van der Waals surface area contributed by atoms with E-state index in [9.17, 15) is 4.79 Å². The molecule has 9 heteroatoms. The van der Waals surface area contributed by atoms with Gasteiger partial charge >= 0.3 is 5.97 Å². The van der Waals surface area contributed by atoms with Crippen molar-refractivity contribution in [3.8, 4) is 10.7 Å². The standard InChI is InChI=1S/C19H15ClN4O2S2/c1-2-26-18(25)14(10-12-5-7-13(20)8-6-12)15-11-28-19-22-21-17(24(19)23-15)16-4-3-9-27-16/h3-10H,2,11H2,1H3/b14-10-. The first-order valence-corrected chi connectivity index (χ1v) is 10.7. The van der Waals surface area contributed by atoms with E-state index in [1.54, 1.807) is 41.1 Å². The lowest BCUT2D eigenvalue weighted by atomic mass is 10.1. The highest BCUT2D eigenvalue weighted by molar-refractivity contribution is 7.99. The van der Waals surface area contributed by atoms with Crippen LogP contribution in [0.1, 0.15) is 12.5 Å². The molecular formula is C19H15ClN4O2S2. The highest BCUT2D eigenvalue weighted by Gasteiger charge is 2.25. The zero-order chi connectivity index (χ0) is 19.5. The molecule has 0 saturated heterocycles. The monoisotopic (exact) mass is 430 g/mol. The number of halogens is 1. The quantitative estimate of drug-likeness (QED) is 0.436.